The molecule has 0 N–H and O–H groups in total. The molecule has 0 saturated heterocycles. The summed E-state index contributed by atoms with van der Waals surface area (Å²) in [6, 6.07) is 5.07. The van der Waals surface area contributed by atoms with Crippen molar-refractivity contribution in [2.45, 2.75) is 32.6 Å². The Kier molecular flexibility index (Phi) is 4.40. The van der Waals surface area contributed by atoms with E-state index in [0.29, 0.717) is 18.4 Å². The van der Waals surface area contributed by atoms with Crippen LogP contribution >= 0.6 is 0 Å². The minimum Gasteiger partial charge on any atom is -0.303 e. The van der Waals surface area contributed by atoms with Gasteiger partial charge in [-0.3, -0.25) is 0 Å². The van der Waals surface area contributed by atoms with Crippen molar-refractivity contribution in [3.63, 3.8) is 0 Å². The zero-order chi connectivity index (χ0) is 11.3. The van der Waals surface area contributed by atoms with E-state index in [0.717, 1.165) is 18.3 Å². The van der Waals surface area contributed by atoms with Crippen LogP contribution in [0.4, 0.5) is 8.78 Å². The molecule has 0 aromatic heterocycles. The molecule has 0 bridgehead atoms. The quantitative estimate of drug-likeness (QED) is 0.684. The summed E-state index contributed by atoms with van der Waals surface area (Å²) < 4.78 is 25.4. The lowest BCUT2D eigenvalue weighted by atomic mass is 9.99. The topological polar surface area (TPSA) is 17.1 Å². The summed E-state index contributed by atoms with van der Waals surface area (Å²) in [6.45, 7) is 1.93. The Bertz CT molecular complexity index is 334. The van der Waals surface area contributed by atoms with Crippen LogP contribution in [0.1, 0.15) is 36.5 Å². The first-order valence-electron chi connectivity index (χ1n) is 5.02. The molecule has 1 nitrogen and oxygen atoms in total. The predicted octanol–water partition coefficient (Wildman–Crippen LogP) is 3.32. The monoisotopic (exact) mass is 212 g/mol. The average molecular weight is 212 g/mol. The van der Waals surface area contributed by atoms with Gasteiger partial charge in [0.25, 0.3) is 6.43 Å². The Labute approximate surface area is 88.1 Å². The van der Waals surface area contributed by atoms with Crippen molar-refractivity contribution in [3.05, 3.63) is 34.9 Å². The third kappa shape index (κ3) is 3.11. The summed E-state index contributed by atoms with van der Waals surface area (Å²) in [5.74, 6) is 0. The number of hydrogen-bond acceptors (Lipinski definition) is 1. The van der Waals surface area contributed by atoms with E-state index >= 15 is 0 Å². The minimum absolute atomic E-state index is 0.0659. The Balaban J connectivity index is 2.98. The minimum atomic E-state index is -2.46. The Morgan fingerprint density at radius 3 is 2.67 bits per heavy atom. The summed E-state index contributed by atoms with van der Waals surface area (Å²) in [7, 11) is 0. The molecule has 15 heavy (non-hydrogen) atoms. The molecular formula is C12H14F2O. The summed E-state index contributed by atoms with van der Waals surface area (Å²) in [5.41, 5.74) is 1.55. The molecule has 0 fully saturated rings. The third-order valence-corrected chi connectivity index (χ3v) is 2.39. The first kappa shape index (κ1) is 11.8. The van der Waals surface area contributed by atoms with E-state index in [9.17, 15) is 13.6 Å². The van der Waals surface area contributed by atoms with Crippen molar-refractivity contribution in [3.8, 4) is 0 Å². The van der Waals surface area contributed by atoms with E-state index in [1.807, 2.05) is 13.0 Å². The van der Waals surface area contributed by atoms with Crippen molar-refractivity contribution in [2.75, 3.05) is 0 Å². The van der Waals surface area contributed by atoms with Crippen molar-refractivity contribution < 1.29 is 13.6 Å². The second kappa shape index (κ2) is 5.59. The maximum atomic E-state index is 12.7. The SMILES string of the molecule is CCc1ccc(CCC=O)c(C(F)F)c1. The molecule has 1 rings (SSSR count). The molecule has 0 unspecified atom stereocenters. The van der Waals surface area contributed by atoms with E-state index in [1.165, 1.54) is 6.07 Å². The Hall–Kier alpha value is -1.25. The standard InChI is InChI=1S/C12H14F2O/c1-2-9-5-6-10(4-3-7-15)11(8-9)12(13)14/h5-8,12H,2-4H2,1H3. The largest absolute Gasteiger partial charge is 0.303 e. The highest BCUT2D eigenvalue weighted by atomic mass is 19.3. The molecule has 0 heterocycles. The Morgan fingerprint density at radius 1 is 1.40 bits per heavy atom. The van der Waals surface area contributed by atoms with Crippen molar-refractivity contribution in [1.82, 2.24) is 0 Å². The normalized spacial score (nSPS) is 10.7. The molecule has 0 saturated carbocycles. The van der Waals surface area contributed by atoms with E-state index in [4.69, 9.17) is 0 Å². The van der Waals surface area contributed by atoms with Gasteiger partial charge in [-0.05, 0) is 30.0 Å². The van der Waals surface area contributed by atoms with Gasteiger partial charge in [0, 0.05) is 12.0 Å². The van der Waals surface area contributed by atoms with Gasteiger partial charge in [0.05, 0.1) is 0 Å². The number of aryl methyl sites for hydroxylation is 2. The highest BCUT2D eigenvalue weighted by molar-refractivity contribution is 5.50. The fraction of sp³-hybridized carbons (Fsp3) is 0.417. The molecule has 0 radical (unpaired) electrons. The van der Waals surface area contributed by atoms with Gasteiger partial charge in [0.2, 0.25) is 0 Å². The predicted molar refractivity (Wildman–Crippen MR) is 55.2 cm³/mol. The molecule has 82 valence electrons. The van der Waals surface area contributed by atoms with Gasteiger partial charge in [-0.1, -0.05) is 19.1 Å². The van der Waals surface area contributed by atoms with Crippen molar-refractivity contribution in [2.24, 2.45) is 0 Å². The number of benzene rings is 1. The van der Waals surface area contributed by atoms with E-state index in [2.05, 4.69) is 0 Å². The lowest BCUT2D eigenvalue weighted by molar-refractivity contribution is -0.107. The van der Waals surface area contributed by atoms with E-state index in [-0.39, 0.29) is 5.56 Å². The number of rotatable bonds is 5. The average Bonchev–Trinajstić information content (AvgIpc) is 2.26. The van der Waals surface area contributed by atoms with Crippen LogP contribution in [0.5, 0.6) is 0 Å². The molecule has 0 aliphatic carbocycles. The number of alkyl halides is 2. The summed E-state index contributed by atoms with van der Waals surface area (Å²) >= 11 is 0. The van der Waals surface area contributed by atoms with Crippen LogP contribution in [0.25, 0.3) is 0 Å². The van der Waals surface area contributed by atoms with Gasteiger partial charge in [-0.2, -0.15) is 0 Å². The van der Waals surface area contributed by atoms with Crippen molar-refractivity contribution >= 4 is 6.29 Å². The summed E-state index contributed by atoms with van der Waals surface area (Å²) in [6.07, 6.45) is -0.271. The molecule has 0 aliphatic rings. The van der Waals surface area contributed by atoms with Crippen LogP contribution in [0.3, 0.4) is 0 Å². The third-order valence-electron chi connectivity index (χ3n) is 2.39. The van der Waals surface area contributed by atoms with Gasteiger partial charge in [0.1, 0.15) is 6.29 Å². The molecule has 1 aromatic rings. The van der Waals surface area contributed by atoms with Gasteiger partial charge in [0.15, 0.2) is 0 Å². The number of hydrogen-bond donors (Lipinski definition) is 0. The number of halogens is 2. The van der Waals surface area contributed by atoms with Crippen LogP contribution < -0.4 is 0 Å². The van der Waals surface area contributed by atoms with Gasteiger partial charge in [-0.15, -0.1) is 0 Å². The van der Waals surface area contributed by atoms with E-state index in [1.54, 1.807) is 6.07 Å². The molecule has 0 spiro atoms. The van der Waals surface area contributed by atoms with Gasteiger partial charge in [-0.25, -0.2) is 8.78 Å². The number of aldehydes is 1. The lowest BCUT2D eigenvalue weighted by Gasteiger charge is -2.09. The molecule has 0 atom stereocenters. The van der Waals surface area contributed by atoms with E-state index < -0.39 is 6.43 Å². The maximum absolute atomic E-state index is 12.7. The van der Waals surface area contributed by atoms with Crippen LogP contribution in [0, 0.1) is 0 Å². The molecule has 3 heteroatoms. The fourth-order valence-electron chi connectivity index (χ4n) is 1.51. The van der Waals surface area contributed by atoms with Crippen LogP contribution in [0.2, 0.25) is 0 Å². The zero-order valence-electron chi connectivity index (χ0n) is 8.67. The Morgan fingerprint density at radius 2 is 2.13 bits per heavy atom. The summed E-state index contributed by atoms with van der Waals surface area (Å²) in [4.78, 5) is 10.2. The van der Waals surface area contributed by atoms with Crippen LogP contribution in [0.15, 0.2) is 18.2 Å². The van der Waals surface area contributed by atoms with Gasteiger partial charge < -0.3 is 4.79 Å². The van der Waals surface area contributed by atoms with Gasteiger partial charge >= 0.3 is 0 Å². The second-order valence-corrected chi connectivity index (χ2v) is 3.39. The first-order chi connectivity index (χ1) is 7.19. The molecule has 0 amide bonds. The lowest BCUT2D eigenvalue weighted by Crippen LogP contribution is -1.97. The number of carbonyl (C=O) groups excluding carboxylic acids is 1. The smallest absolute Gasteiger partial charge is 0.264 e. The fourth-order valence-corrected chi connectivity index (χ4v) is 1.51. The van der Waals surface area contributed by atoms with Crippen LogP contribution in [-0.4, -0.2) is 6.29 Å². The van der Waals surface area contributed by atoms with Crippen LogP contribution in [-0.2, 0) is 17.6 Å². The second-order valence-electron chi connectivity index (χ2n) is 3.39. The molecule has 1 aromatic carbocycles. The highest BCUT2D eigenvalue weighted by Gasteiger charge is 2.12. The van der Waals surface area contributed by atoms with Crippen molar-refractivity contribution in [1.29, 1.82) is 0 Å². The highest BCUT2D eigenvalue weighted by Crippen LogP contribution is 2.25. The number of carbonyl (C=O) groups is 1. The summed E-state index contributed by atoms with van der Waals surface area (Å²) in [5, 5.41) is 0. The first-order valence-corrected chi connectivity index (χ1v) is 5.02. The zero-order valence-corrected chi connectivity index (χ0v) is 8.67. The molecular weight excluding hydrogens is 198 g/mol. The maximum Gasteiger partial charge on any atom is 0.264 e. The molecule has 0 aliphatic heterocycles.